The first-order valence-electron chi connectivity index (χ1n) is 6.09. The fraction of sp³-hybridized carbons (Fsp3) is 0.357. The number of benzene rings is 1. The van der Waals surface area contributed by atoms with E-state index in [-0.39, 0.29) is 0 Å². The molecule has 2 aromatic rings. The number of nitrogens with zero attached hydrogens (tertiary/aromatic N) is 2. The van der Waals surface area contributed by atoms with E-state index < -0.39 is 0 Å². The zero-order valence-electron chi connectivity index (χ0n) is 9.91. The summed E-state index contributed by atoms with van der Waals surface area (Å²) >= 11 is 3.70. The van der Waals surface area contributed by atoms with Crippen LogP contribution in [0, 0.1) is 6.92 Å². The molecule has 3 rings (SSSR count). The fourth-order valence-corrected chi connectivity index (χ4v) is 3.16. The van der Waals surface area contributed by atoms with Crippen molar-refractivity contribution in [2.45, 2.75) is 32.6 Å². The smallest absolute Gasteiger partial charge is 0.113 e. The van der Waals surface area contributed by atoms with Crippen LogP contribution >= 0.6 is 15.9 Å². The molecule has 0 spiro atoms. The van der Waals surface area contributed by atoms with E-state index in [9.17, 15) is 0 Å². The highest BCUT2D eigenvalue weighted by Gasteiger charge is 2.19. The van der Waals surface area contributed by atoms with Gasteiger partial charge in [-0.2, -0.15) is 5.10 Å². The van der Waals surface area contributed by atoms with Gasteiger partial charge in [-0.3, -0.25) is 0 Å². The highest BCUT2D eigenvalue weighted by atomic mass is 79.9. The summed E-state index contributed by atoms with van der Waals surface area (Å²) < 4.78 is 3.17. The van der Waals surface area contributed by atoms with Gasteiger partial charge in [0.25, 0.3) is 0 Å². The molecule has 1 aromatic heterocycles. The Kier molecular flexibility index (Phi) is 2.79. The molecular formula is C14H15BrN2. The Bertz CT molecular complexity index is 557. The highest BCUT2D eigenvalue weighted by molar-refractivity contribution is 9.10. The Balaban J connectivity index is 2.12. The lowest BCUT2D eigenvalue weighted by Gasteiger charge is -2.08. The third-order valence-corrected chi connectivity index (χ3v) is 4.16. The van der Waals surface area contributed by atoms with Crippen molar-refractivity contribution in [2.75, 3.05) is 0 Å². The summed E-state index contributed by atoms with van der Waals surface area (Å²) in [7, 11) is 0. The van der Waals surface area contributed by atoms with E-state index in [1.807, 2.05) is 4.68 Å². The van der Waals surface area contributed by atoms with E-state index in [0.717, 1.165) is 23.1 Å². The van der Waals surface area contributed by atoms with Gasteiger partial charge in [0, 0.05) is 5.56 Å². The molecule has 17 heavy (non-hydrogen) atoms. The van der Waals surface area contributed by atoms with Crippen molar-refractivity contribution in [3.63, 3.8) is 0 Å². The van der Waals surface area contributed by atoms with E-state index in [2.05, 4.69) is 47.1 Å². The van der Waals surface area contributed by atoms with E-state index in [1.54, 1.807) is 0 Å². The van der Waals surface area contributed by atoms with Crippen LogP contribution in [0.2, 0.25) is 0 Å². The Labute approximate surface area is 110 Å². The van der Waals surface area contributed by atoms with Crippen molar-refractivity contribution < 1.29 is 0 Å². The first-order chi connectivity index (χ1) is 8.25. The minimum atomic E-state index is 1.12. The molecular weight excluding hydrogens is 276 g/mol. The number of rotatable bonds is 1. The zero-order chi connectivity index (χ0) is 11.8. The maximum Gasteiger partial charge on any atom is 0.113 e. The minimum Gasteiger partial charge on any atom is -0.226 e. The van der Waals surface area contributed by atoms with Gasteiger partial charge < -0.3 is 0 Å². The van der Waals surface area contributed by atoms with Gasteiger partial charge >= 0.3 is 0 Å². The zero-order valence-corrected chi connectivity index (χ0v) is 11.5. The number of halogens is 1. The summed E-state index contributed by atoms with van der Waals surface area (Å²) in [6, 6.07) is 8.47. The number of hydrogen-bond acceptors (Lipinski definition) is 1. The lowest BCUT2D eigenvalue weighted by Crippen LogP contribution is -2.00. The summed E-state index contributed by atoms with van der Waals surface area (Å²) in [5.74, 6) is 0. The molecule has 3 heteroatoms. The van der Waals surface area contributed by atoms with Crippen LogP contribution in [0.15, 0.2) is 28.9 Å². The molecule has 0 amide bonds. The molecule has 0 saturated heterocycles. The average molecular weight is 291 g/mol. The highest BCUT2D eigenvalue weighted by Crippen LogP contribution is 2.30. The third-order valence-electron chi connectivity index (χ3n) is 3.34. The van der Waals surface area contributed by atoms with Crippen LogP contribution in [0.1, 0.15) is 29.7 Å². The van der Waals surface area contributed by atoms with E-state index in [1.165, 1.54) is 29.7 Å². The largest absolute Gasteiger partial charge is 0.226 e. The normalized spacial score (nSPS) is 14.7. The topological polar surface area (TPSA) is 17.8 Å². The molecule has 0 N–H and O–H groups in total. The molecule has 1 aliphatic carbocycles. The van der Waals surface area contributed by atoms with Crippen LogP contribution in [0.25, 0.3) is 5.69 Å². The second-order valence-corrected chi connectivity index (χ2v) is 5.43. The first-order valence-corrected chi connectivity index (χ1v) is 6.88. The monoisotopic (exact) mass is 290 g/mol. The maximum atomic E-state index is 4.73. The van der Waals surface area contributed by atoms with Gasteiger partial charge in [-0.15, -0.1) is 0 Å². The van der Waals surface area contributed by atoms with Crippen molar-refractivity contribution >= 4 is 15.9 Å². The van der Waals surface area contributed by atoms with E-state index in [4.69, 9.17) is 5.10 Å². The Hall–Kier alpha value is -1.09. The number of fused-ring (bicyclic) bond motifs is 1. The van der Waals surface area contributed by atoms with Gasteiger partial charge in [0.2, 0.25) is 0 Å². The lowest BCUT2D eigenvalue weighted by atomic mass is 9.99. The Morgan fingerprint density at radius 1 is 1.24 bits per heavy atom. The van der Waals surface area contributed by atoms with Gasteiger partial charge in [0.05, 0.1) is 11.4 Å². The van der Waals surface area contributed by atoms with Crippen LogP contribution in [0.5, 0.6) is 0 Å². The molecule has 88 valence electrons. The Morgan fingerprint density at radius 2 is 2.06 bits per heavy atom. The van der Waals surface area contributed by atoms with Crippen LogP contribution < -0.4 is 0 Å². The summed E-state index contributed by atoms with van der Waals surface area (Å²) in [5, 5.41) is 4.73. The van der Waals surface area contributed by atoms with Gasteiger partial charge in [0.15, 0.2) is 0 Å². The predicted molar refractivity (Wildman–Crippen MR) is 72.6 cm³/mol. The molecule has 0 radical (unpaired) electrons. The molecule has 0 unspecified atom stereocenters. The standard InChI is InChI=1S/C14H15BrN2/c1-10-5-4-6-11(9-10)17-14(15)12-7-2-3-8-13(12)16-17/h4-6,9H,2-3,7-8H2,1H3. The van der Waals surface area contributed by atoms with Crippen LogP contribution in [0.3, 0.4) is 0 Å². The molecule has 0 saturated carbocycles. The van der Waals surface area contributed by atoms with Gasteiger partial charge in [-0.05, 0) is 66.2 Å². The van der Waals surface area contributed by atoms with Gasteiger partial charge in [-0.1, -0.05) is 12.1 Å². The van der Waals surface area contributed by atoms with Crippen LogP contribution in [-0.2, 0) is 12.8 Å². The Morgan fingerprint density at radius 3 is 2.82 bits per heavy atom. The predicted octanol–water partition coefficient (Wildman–Crippen LogP) is 3.82. The van der Waals surface area contributed by atoms with Crippen molar-refractivity contribution in [3.8, 4) is 5.69 Å². The molecule has 1 aliphatic rings. The molecule has 0 bridgehead atoms. The summed E-state index contributed by atoms with van der Waals surface area (Å²) in [4.78, 5) is 0. The van der Waals surface area contributed by atoms with E-state index >= 15 is 0 Å². The molecule has 0 fully saturated rings. The minimum absolute atomic E-state index is 1.12. The van der Waals surface area contributed by atoms with Crippen molar-refractivity contribution in [1.82, 2.24) is 9.78 Å². The number of aromatic nitrogens is 2. The summed E-state index contributed by atoms with van der Waals surface area (Å²) in [6.45, 7) is 2.11. The first kappa shape index (κ1) is 11.0. The maximum absolute atomic E-state index is 4.73. The number of hydrogen-bond donors (Lipinski definition) is 0. The van der Waals surface area contributed by atoms with Crippen molar-refractivity contribution in [1.29, 1.82) is 0 Å². The number of aryl methyl sites for hydroxylation is 2. The second-order valence-electron chi connectivity index (χ2n) is 4.67. The average Bonchev–Trinajstić information content (AvgIpc) is 2.68. The van der Waals surface area contributed by atoms with Crippen LogP contribution in [-0.4, -0.2) is 9.78 Å². The molecule has 2 nitrogen and oxygen atoms in total. The van der Waals surface area contributed by atoms with Crippen molar-refractivity contribution in [3.05, 3.63) is 45.7 Å². The lowest BCUT2D eigenvalue weighted by molar-refractivity contribution is 0.671. The quantitative estimate of drug-likeness (QED) is 0.781. The van der Waals surface area contributed by atoms with Crippen LogP contribution in [0.4, 0.5) is 0 Å². The summed E-state index contributed by atoms with van der Waals surface area (Å²) in [6.07, 6.45) is 4.82. The summed E-state index contributed by atoms with van der Waals surface area (Å²) in [5.41, 5.74) is 5.08. The van der Waals surface area contributed by atoms with E-state index in [0.29, 0.717) is 0 Å². The SMILES string of the molecule is Cc1cccc(-n2nc3c(c2Br)CCCC3)c1. The fourth-order valence-electron chi connectivity index (χ4n) is 2.45. The van der Waals surface area contributed by atoms with Crippen molar-refractivity contribution in [2.24, 2.45) is 0 Å². The second kappa shape index (κ2) is 4.30. The van der Waals surface area contributed by atoms with Gasteiger partial charge in [0.1, 0.15) is 4.60 Å². The molecule has 0 aliphatic heterocycles. The third kappa shape index (κ3) is 1.93. The molecule has 1 heterocycles. The molecule has 0 atom stereocenters. The van der Waals surface area contributed by atoms with Gasteiger partial charge in [-0.25, -0.2) is 4.68 Å². The molecule has 1 aromatic carbocycles.